The number of ether oxygens (including phenoxy) is 5. The highest BCUT2D eigenvalue weighted by Crippen LogP contribution is 2.32. The van der Waals surface area contributed by atoms with Crippen molar-refractivity contribution in [3.8, 4) is 0 Å². The smallest absolute Gasteiger partial charge is 0.308 e. The molecule has 0 bridgehead atoms. The average molecular weight is 646 g/mol. The molecular weight excluding hydrogens is 606 g/mol. The molecular formula is C27H40ClN5O11. The minimum Gasteiger partial charge on any atom is -0.463 e. The van der Waals surface area contributed by atoms with Crippen LogP contribution in [0.15, 0.2) is 6.20 Å². The van der Waals surface area contributed by atoms with Gasteiger partial charge in [0.05, 0.1) is 19.2 Å². The Morgan fingerprint density at radius 2 is 1.64 bits per heavy atom. The van der Waals surface area contributed by atoms with Crippen LogP contribution in [-0.4, -0.2) is 105 Å². The number of carbonyl (C=O) groups is 6. The van der Waals surface area contributed by atoms with Crippen LogP contribution in [0.5, 0.6) is 0 Å². The molecule has 1 aromatic heterocycles. The first-order chi connectivity index (χ1) is 20.5. The third-order valence-electron chi connectivity index (χ3n) is 5.93. The van der Waals surface area contributed by atoms with Gasteiger partial charge in [0.2, 0.25) is 11.8 Å². The van der Waals surface area contributed by atoms with Crippen LogP contribution in [0.2, 0.25) is 0 Å². The summed E-state index contributed by atoms with van der Waals surface area (Å²) in [5, 5.41) is 10.9. The molecule has 0 spiro atoms. The number of carbonyl (C=O) groups excluding carboxylic acids is 6. The minimum absolute atomic E-state index is 0.0137. The standard InChI is InChI=1S/C27H40ClN5O11/c1-15(34)29-23-25(42-18(4)37)24(41-17(3)36)20(14-40-16(2)35)43-26(23)33-13-19(30-31-33)12-32(21(38)8-10-28)11-9-22(39)44-27(5,6)7/h13,20,23-26H,8-12,14H2,1-7H3,(H,29,34)/t20-,23-,24-,25-,26-/m1/s1. The number of nitrogens with zero attached hydrogens (tertiary/aromatic N) is 4. The van der Waals surface area contributed by atoms with Gasteiger partial charge in [0, 0.05) is 46.5 Å². The van der Waals surface area contributed by atoms with Gasteiger partial charge in [-0.1, -0.05) is 5.21 Å². The van der Waals surface area contributed by atoms with Crippen molar-refractivity contribution in [2.45, 2.75) is 104 Å². The third-order valence-corrected chi connectivity index (χ3v) is 6.12. The normalized spacial score (nSPS) is 21.5. The molecule has 2 heterocycles. The fourth-order valence-corrected chi connectivity index (χ4v) is 4.55. The van der Waals surface area contributed by atoms with E-state index in [4.69, 9.17) is 35.3 Å². The van der Waals surface area contributed by atoms with Crippen LogP contribution in [0.4, 0.5) is 0 Å². The van der Waals surface area contributed by atoms with E-state index in [9.17, 15) is 28.8 Å². The molecule has 2 amide bonds. The third kappa shape index (κ3) is 11.7. The van der Waals surface area contributed by atoms with Crippen LogP contribution in [0.3, 0.4) is 0 Å². The highest BCUT2D eigenvalue weighted by atomic mass is 35.5. The first kappa shape index (κ1) is 36.4. The summed E-state index contributed by atoms with van der Waals surface area (Å²) in [5.74, 6) is -3.41. The summed E-state index contributed by atoms with van der Waals surface area (Å²) >= 11 is 5.79. The summed E-state index contributed by atoms with van der Waals surface area (Å²) in [6.07, 6.45) is -3.54. The zero-order chi connectivity index (χ0) is 33.2. The fourth-order valence-electron chi connectivity index (χ4n) is 4.39. The molecule has 1 aromatic rings. The number of nitrogens with one attached hydrogen (secondary N) is 1. The van der Waals surface area contributed by atoms with Crippen molar-refractivity contribution in [3.05, 3.63) is 11.9 Å². The highest BCUT2D eigenvalue weighted by molar-refractivity contribution is 6.18. The second kappa shape index (κ2) is 16.3. The number of halogens is 1. The Bertz CT molecular complexity index is 1200. The lowest BCUT2D eigenvalue weighted by Gasteiger charge is -2.45. The molecule has 246 valence electrons. The van der Waals surface area contributed by atoms with E-state index in [1.54, 1.807) is 20.8 Å². The number of hydrogen-bond acceptors (Lipinski definition) is 13. The molecule has 0 radical (unpaired) electrons. The molecule has 17 heteroatoms. The molecule has 2 rings (SSSR count). The van der Waals surface area contributed by atoms with Crippen LogP contribution in [0.25, 0.3) is 0 Å². The molecule has 16 nitrogen and oxygen atoms in total. The van der Waals surface area contributed by atoms with Crippen molar-refractivity contribution in [2.75, 3.05) is 19.0 Å². The van der Waals surface area contributed by atoms with Crippen LogP contribution in [0, 0.1) is 0 Å². The number of amides is 2. The van der Waals surface area contributed by atoms with Crippen molar-refractivity contribution in [1.82, 2.24) is 25.2 Å². The molecule has 0 unspecified atom stereocenters. The van der Waals surface area contributed by atoms with E-state index < -0.39 is 66.0 Å². The largest absolute Gasteiger partial charge is 0.463 e. The van der Waals surface area contributed by atoms with Crippen molar-refractivity contribution in [3.63, 3.8) is 0 Å². The number of rotatable bonds is 13. The van der Waals surface area contributed by atoms with Crippen molar-refractivity contribution in [2.24, 2.45) is 0 Å². The topological polar surface area (TPSA) is 195 Å². The SMILES string of the molecule is CC(=O)N[C@@H]1[C@@H](OC(C)=O)[C@H](OC(C)=O)[C@@H](COC(C)=O)O[C@H]1n1cc(CN(CCC(=O)OC(C)(C)C)C(=O)CCCl)nn1. The van der Waals surface area contributed by atoms with Gasteiger partial charge in [0.1, 0.15) is 30.0 Å². The molecule has 5 atom stereocenters. The molecule has 44 heavy (non-hydrogen) atoms. The number of aromatic nitrogens is 3. The Hall–Kier alpha value is -3.79. The van der Waals surface area contributed by atoms with Crippen molar-refractivity contribution >= 4 is 47.3 Å². The minimum atomic E-state index is -1.29. The molecule has 1 fully saturated rings. The van der Waals surface area contributed by atoms with E-state index in [0.29, 0.717) is 0 Å². The van der Waals surface area contributed by atoms with Gasteiger partial charge >= 0.3 is 23.9 Å². The van der Waals surface area contributed by atoms with Gasteiger partial charge < -0.3 is 33.9 Å². The Kier molecular flexibility index (Phi) is 13.5. The van der Waals surface area contributed by atoms with Crippen molar-refractivity contribution < 1.29 is 52.5 Å². The monoisotopic (exact) mass is 645 g/mol. The first-order valence-corrected chi connectivity index (χ1v) is 14.4. The maximum atomic E-state index is 12.8. The summed E-state index contributed by atoms with van der Waals surface area (Å²) in [6.45, 7) is 9.46. The Morgan fingerprint density at radius 1 is 1.00 bits per heavy atom. The van der Waals surface area contributed by atoms with Gasteiger partial charge in [0.15, 0.2) is 18.4 Å². The predicted octanol–water partition coefficient (Wildman–Crippen LogP) is 0.796. The maximum absolute atomic E-state index is 12.8. The maximum Gasteiger partial charge on any atom is 0.308 e. The van der Waals surface area contributed by atoms with E-state index in [0.717, 1.165) is 13.8 Å². The van der Waals surface area contributed by atoms with Gasteiger partial charge in [-0.15, -0.1) is 16.7 Å². The van der Waals surface area contributed by atoms with Crippen LogP contribution in [-0.2, 0) is 59.0 Å². The van der Waals surface area contributed by atoms with E-state index in [-0.39, 0.29) is 50.0 Å². The lowest BCUT2D eigenvalue weighted by Crippen LogP contribution is -2.64. The van der Waals surface area contributed by atoms with Crippen LogP contribution >= 0.6 is 11.6 Å². The fraction of sp³-hybridized carbons (Fsp3) is 0.704. The Balaban J connectivity index is 2.42. The number of esters is 4. The van der Waals surface area contributed by atoms with E-state index in [2.05, 4.69) is 15.6 Å². The van der Waals surface area contributed by atoms with Crippen LogP contribution < -0.4 is 5.32 Å². The quantitative estimate of drug-likeness (QED) is 0.180. The molecule has 1 aliphatic rings. The van der Waals surface area contributed by atoms with Crippen molar-refractivity contribution in [1.29, 1.82) is 0 Å². The molecule has 0 aromatic carbocycles. The second-order valence-corrected chi connectivity index (χ2v) is 11.4. The molecule has 0 aliphatic carbocycles. The lowest BCUT2D eigenvalue weighted by molar-refractivity contribution is -0.239. The number of hydrogen-bond donors (Lipinski definition) is 1. The van der Waals surface area contributed by atoms with Gasteiger partial charge in [-0.05, 0) is 20.8 Å². The summed E-state index contributed by atoms with van der Waals surface area (Å²) < 4.78 is 28.7. The molecule has 1 saturated heterocycles. The molecule has 1 aliphatic heterocycles. The first-order valence-electron chi connectivity index (χ1n) is 13.9. The summed E-state index contributed by atoms with van der Waals surface area (Å²) in [6, 6.07) is -1.15. The highest BCUT2D eigenvalue weighted by Gasteiger charge is 2.51. The van der Waals surface area contributed by atoms with E-state index in [1.165, 1.54) is 29.6 Å². The Labute approximate surface area is 259 Å². The van der Waals surface area contributed by atoms with Crippen LogP contribution in [0.1, 0.15) is 73.2 Å². The van der Waals surface area contributed by atoms with Gasteiger partial charge in [-0.25, -0.2) is 4.68 Å². The second-order valence-electron chi connectivity index (χ2n) is 11.0. The summed E-state index contributed by atoms with van der Waals surface area (Å²) in [5.41, 5.74) is -0.411. The van der Waals surface area contributed by atoms with E-state index >= 15 is 0 Å². The van der Waals surface area contributed by atoms with Gasteiger partial charge in [-0.2, -0.15) is 0 Å². The lowest BCUT2D eigenvalue weighted by atomic mass is 9.95. The summed E-state index contributed by atoms with van der Waals surface area (Å²) in [7, 11) is 0. The molecule has 0 saturated carbocycles. The number of alkyl halides is 1. The zero-order valence-electron chi connectivity index (χ0n) is 25.9. The average Bonchev–Trinajstić information content (AvgIpc) is 3.34. The van der Waals surface area contributed by atoms with Gasteiger partial charge in [0.25, 0.3) is 0 Å². The van der Waals surface area contributed by atoms with E-state index in [1.807, 2.05) is 0 Å². The predicted molar refractivity (Wildman–Crippen MR) is 150 cm³/mol. The summed E-state index contributed by atoms with van der Waals surface area (Å²) in [4.78, 5) is 74.3. The van der Waals surface area contributed by atoms with Gasteiger partial charge in [-0.3, -0.25) is 28.8 Å². The molecule has 1 N–H and O–H groups in total. The zero-order valence-corrected chi connectivity index (χ0v) is 26.6. The Morgan fingerprint density at radius 3 is 2.18 bits per heavy atom.